The molecule has 0 saturated heterocycles. The molecule has 2 N–H and O–H groups in total. The van der Waals surface area contributed by atoms with E-state index in [1.54, 1.807) is 23.7 Å². The van der Waals surface area contributed by atoms with E-state index in [4.69, 9.17) is 0 Å². The fraction of sp³-hybridized carbons (Fsp3) is 0.250. The van der Waals surface area contributed by atoms with Crippen LogP contribution in [0.2, 0.25) is 0 Å². The normalized spacial score (nSPS) is 10.2. The van der Waals surface area contributed by atoms with Crippen LogP contribution in [0.4, 0.5) is 4.79 Å². The Morgan fingerprint density at radius 1 is 1.50 bits per heavy atom. The van der Waals surface area contributed by atoms with Gasteiger partial charge in [0, 0.05) is 24.3 Å². The van der Waals surface area contributed by atoms with E-state index < -0.39 is 6.03 Å². The van der Waals surface area contributed by atoms with Crippen molar-refractivity contribution in [1.82, 2.24) is 20.2 Å². The minimum atomic E-state index is -0.483. The van der Waals surface area contributed by atoms with Gasteiger partial charge in [-0.25, -0.2) is 9.78 Å². The molecule has 0 saturated carbocycles. The Kier molecular flexibility index (Phi) is 5.19. The van der Waals surface area contributed by atoms with Gasteiger partial charge >= 0.3 is 6.03 Å². The number of aromatic nitrogens is 2. The lowest BCUT2D eigenvalue weighted by Crippen LogP contribution is -2.39. The van der Waals surface area contributed by atoms with Gasteiger partial charge in [0.1, 0.15) is 0 Å². The van der Waals surface area contributed by atoms with Crippen LogP contribution in [0.3, 0.4) is 0 Å². The van der Waals surface area contributed by atoms with E-state index in [1.807, 2.05) is 29.1 Å². The number of imidazole rings is 1. The van der Waals surface area contributed by atoms with Gasteiger partial charge in [-0.1, -0.05) is 17.8 Å². The highest BCUT2D eigenvalue weighted by Crippen LogP contribution is 2.13. The van der Waals surface area contributed by atoms with Crippen LogP contribution in [0.15, 0.2) is 35.1 Å². The zero-order chi connectivity index (χ0) is 14.4. The van der Waals surface area contributed by atoms with Gasteiger partial charge in [0.25, 0.3) is 0 Å². The maximum absolute atomic E-state index is 11.6. The third kappa shape index (κ3) is 4.39. The predicted octanol–water partition coefficient (Wildman–Crippen LogP) is 1.60. The topological polar surface area (TPSA) is 76.0 Å². The van der Waals surface area contributed by atoms with Crippen LogP contribution in [0, 0.1) is 0 Å². The molecule has 3 amide bonds. The van der Waals surface area contributed by atoms with Gasteiger partial charge in [-0.2, -0.15) is 0 Å². The number of aryl methyl sites for hydroxylation is 1. The molecule has 2 aromatic heterocycles. The largest absolute Gasteiger partial charge is 0.333 e. The molecule has 0 spiro atoms. The summed E-state index contributed by atoms with van der Waals surface area (Å²) in [5.74, 6) is -0.196. The smallest absolute Gasteiger partial charge is 0.321 e. The highest BCUT2D eigenvalue weighted by molar-refractivity contribution is 7.99. The number of urea groups is 1. The first-order valence-corrected chi connectivity index (χ1v) is 7.72. The van der Waals surface area contributed by atoms with Gasteiger partial charge in [0.05, 0.1) is 12.3 Å². The molecule has 8 heteroatoms. The minimum absolute atomic E-state index is 0.150. The second kappa shape index (κ2) is 7.11. The molecular formula is C12H14N4O2S2. The number of carbonyl (C=O) groups excluding carboxylic acids is 2. The van der Waals surface area contributed by atoms with Crippen LogP contribution in [0.5, 0.6) is 0 Å². The van der Waals surface area contributed by atoms with E-state index in [0.717, 1.165) is 10.0 Å². The van der Waals surface area contributed by atoms with Crippen molar-refractivity contribution in [1.29, 1.82) is 0 Å². The summed E-state index contributed by atoms with van der Waals surface area (Å²) in [6, 6.07) is 3.35. The Hall–Kier alpha value is -1.80. The molecule has 0 fully saturated rings. The lowest BCUT2D eigenvalue weighted by Gasteiger charge is -2.05. The molecule has 0 radical (unpaired) electrons. The van der Waals surface area contributed by atoms with Crippen molar-refractivity contribution in [3.8, 4) is 0 Å². The lowest BCUT2D eigenvalue weighted by atomic mass is 10.5. The molecule has 0 unspecified atom stereocenters. The van der Waals surface area contributed by atoms with Crippen molar-refractivity contribution in [3.05, 3.63) is 34.8 Å². The summed E-state index contributed by atoms with van der Waals surface area (Å²) < 4.78 is 1.81. The zero-order valence-corrected chi connectivity index (χ0v) is 12.5. The molecule has 0 aliphatic carbocycles. The minimum Gasteiger partial charge on any atom is -0.333 e. The number of carbonyl (C=O) groups is 2. The first-order chi connectivity index (χ1) is 9.65. The van der Waals surface area contributed by atoms with Crippen molar-refractivity contribution < 1.29 is 9.59 Å². The van der Waals surface area contributed by atoms with Crippen molar-refractivity contribution in [2.45, 2.75) is 11.7 Å². The summed E-state index contributed by atoms with van der Waals surface area (Å²) in [6.45, 7) is 0.420. The molecule has 2 rings (SSSR count). The quantitative estimate of drug-likeness (QED) is 0.823. The van der Waals surface area contributed by atoms with Crippen LogP contribution in [-0.4, -0.2) is 27.2 Å². The summed E-state index contributed by atoms with van der Waals surface area (Å²) >= 11 is 2.83. The number of amides is 3. The molecule has 0 bridgehead atoms. The van der Waals surface area contributed by atoms with E-state index >= 15 is 0 Å². The summed E-state index contributed by atoms with van der Waals surface area (Å²) in [5, 5.41) is 7.58. The number of hydrogen-bond donors (Lipinski definition) is 2. The zero-order valence-electron chi connectivity index (χ0n) is 10.8. The Morgan fingerprint density at radius 2 is 2.35 bits per heavy atom. The third-order valence-electron chi connectivity index (χ3n) is 2.37. The van der Waals surface area contributed by atoms with Gasteiger partial charge in [0.2, 0.25) is 5.91 Å². The summed E-state index contributed by atoms with van der Waals surface area (Å²) in [5.41, 5.74) is 0. The molecule has 0 atom stereocenters. The van der Waals surface area contributed by atoms with Gasteiger partial charge in [-0.05, 0) is 11.4 Å². The summed E-state index contributed by atoms with van der Waals surface area (Å²) in [6.07, 6.45) is 3.46. The van der Waals surface area contributed by atoms with Crippen molar-refractivity contribution >= 4 is 35.0 Å². The van der Waals surface area contributed by atoms with Gasteiger partial charge in [-0.3, -0.25) is 10.1 Å². The van der Waals surface area contributed by atoms with E-state index in [2.05, 4.69) is 15.6 Å². The molecular weight excluding hydrogens is 296 g/mol. The maximum atomic E-state index is 11.6. The number of thiophene rings is 1. The fourth-order valence-electron chi connectivity index (χ4n) is 1.41. The van der Waals surface area contributed by atoms with Crippen molar-refractivity contribution in [2.75, 3.05) is 5.75 Å². The van der Waals surface area contributed by atoms with Gasteiger partial charge < -0.3 is 9.88 Å². The number of thioether (sulfide) groups is 1. The van der Waals surface area contributed by atoms with Crippen LogP contribution in [0.1, 0.15) is 4.88 Å². The molecule has 2 aromatic rings. The van der Waals surface area contributed by atoms with E-state index in [9.17, 15) is 9.59 Å². The van der Waals surface area contributed by atoms with Gasteiger partial charge in [0.15, 0.2) is 5.16 Å². The predicted molar refractivity (Wildman–Crippen MR) is 78.6 cm³/mol. The van der Waals surface area contributed by atoms with Crippen LogP contribution in [0.25, 0.3) is 0 Å². The fourth-order valence-corrected chi connectivity index (χ4v) is 2.79. The SMILES string of the molecule is Cn1ccnc1SCC(=O)NC(=O)NCc1cccs1. The average Bonchev–Trinajstić information content (AvgIpc) is 3.05. The number of hydrogen-bond acceptors (Lipinski definition) is 5. The Bertz CT molecular complexity index is 580. The number of nitrogens with zero attached hydrogens (tertiary/aromatic N) is 2. The Morgan fingerprint density at radius 3 is 3.00 bits per heavy atom. The van der Waals surface area contributed by atoms with Crippen LogP contribution < -0.4 is 10.6 Å². The molecule has 106 valence electrons. The number of nitrogens with one attached hydrogen (secondary N) is 2. The molecule has 6 nitrogen and oxygen atoms in total. The average molecular weight is 310 g/mol. The van der Waals surface area contributed by atoms with Crippen LogP contribution >= 0.6 is 23.1 Å². The standard InChI is InChI=1S/C12H14N4O2S2/c1-16-5-4-13-12(16)20-8-10(17)15-11(18)14-7-9-3-2-6-19-9/h2-6H,7-8H2,1H3,(H2,14,15,17,18). The third-order valence-corrected chi connectivity index (χ3v) is 4.30. The number of imide groups is 1. The molecule has 2 heterocycles. The highest BCUT2D eigenvalue weighted by Gasteiger charge is 2.09. The second-order valence-electron chi connectivity index (χ2n) is 3.92. The number of rotatable bonds is 5. The molecule has 0 aliphatic heterocycles. The Labute approximate surface area is 124 Å². The second-order valence-corrected chi connectivity index (χ2v) is 5.89. The molecule has 0 aliphatic rings. The summed E-state index contributed by atoms with van der Waals surface area (Å²) in [4.78, 5) is 28.2. The molecule has 0 aromatic carbocycles. The van der Waals surface area contributed by atoms with E-state index in [-0.39, 0.29) is 11.7 Å². The maximum Gasteiger partial charge on any atom is 0.321 e. The lowest BCUT2D eigenvalue weighted by molar-refractivity contribution is -0.117. The first-order valence-electron chi connectivity index (χ1n) is 5.85. The molecule has 20 heavy (non-hydrogen) atoms. The van der Waals surface area contributed by atoms with E-state index in [0.29, 0.717) is 6.54 Å². The summed E-state index contributed by atoms with van der Waals surface area (Å²) in [7, 11) is 1.85. The monoisotopic (exact) mass is 310 g/mol. The first kappa shape index (κ1) is 14.6. The van der Waals surface area contributed by atoms with E-state index in [1.165, 1.54) is 11.8 Å². The van der Waals surface area contributed by atoms with Crippen molar-refractivity contribution in [3.63, 3.8) is 0 Å². The van der Waals surface area contributed by atoms with Crippen LogP contribution in [-0.2, 0) is 18.4 Å². The van der Waals surface area contributed by atoms with Crippen molar-refractivity contribution in [2.24, 2.45) is 7.05 Å². The highest BCUT2D eigenvalue weighted by atomic mass is 32.2. The Balaban J connectivity index is 1.68. The van der Waals surface area contributed by atoms with Gasteiger partial charge in [-0.15, -0.1) is 11.3 Å².